The van der Waals surface area contributed by atoms with Crippen LogP contribution in [0.5, 0.6) is 0 Å². The topological polar surface area (TPSA) is 92.8 Å². The highest BCUT2D eigenvalue weighted by Gasteiger charge is 2.33. The van der Waals surface area contributed by atoms with Crippen molar-refractivity contribution in [1.82, 2.24) is 5.32 Å². The molecule has 1 aliphatic carbocycles. The second-order valence-corrected chi connectivity index (χ2v) is 10.3. The van der Waals surface area contributed by atoms with Crippen molar-refractivity contribution in [3.63, 3.8) is 0 Å². The highest BCUT2D eigenvalue weighted by atomic mass is 32.2. The maximum absolute atomic E-state index is 12.4. The molecule has 0 unspecified atom stereocenters. The highest BCUT2D eigenvalue weighted by Crippen LogP contribution is 2.35. The Morgan fingerprint density at radius 3 is 2.62 bits per heavy atom. The van der Waals surface area contributed by atoms with Gasteiger partial charge in [-0.3, -0.25) is 9.10 Å². The van der Waals surface area contributed by atoms with E-state index in [1.807, 2.05) is 6.92 Å². The predicted octanol–water partition coefficient (Wildman–Crippen LogP) is 2.49. The molecule has 4 atom stereocenters. The van der Waals surface area contributed by atoms with Crippen LogP contribution in [0, 0.1) is 11.8 Å². The molecule has 0 spiro atoms. The van der Waals surface area contributed by atoms with E-state index in [2.05, 4.69) is 19.2 Å². The Labute approximate surface area is 172 Å². The van der Waals surface area contributed by atoms with E-state index in [9.17, 15) is 18.0 Å². The molecular formula is C21H30N2O5S. The van der Waals surface area contributed by atoms with Crippen LogP contribution >= 0.6 is 0 Å². The number of fused-ring (bicyclic) bond motifs is 1. The maximum Gasteiger partial charge on any atom is 0.338 e. The van der Waals surface area contributed by atoms with Crippen LogP contribution < -0.4 is 9.62 Å². The van der Waals surface area contributed by atoms with Gasteiger partial charge >= 0.3 is 5.97 Å². The minimum atomic E-state index is -3.38. The van der Waals surface area contributed by atoms with Crippen molar-refractivity contribution < 1.29 is 22.7 Å². The first-order valence-electron chi connectivity index (χ1n) is 10.2. The predicted molar refractivity (Wildman–Crippen MR) is 111 cm³/mol. The van der Waals surface area contributed by atoms with Crippen LogP contribution in [0.3, 0.4) is 0 Å². The molecule has 0 aromatic heterocycles. The van der Waals surface area contributed by atoms with E-state index >= 15 is 0 Å². The molecule has 0 bridgehead atoms. The number of amides is 1. The van der Waals surface area contributed by atoms with Crippen LogP contribution in [0.25, 0.3) is 0 Å². The van der Waals surface area contributed by atoms with Gasteiger partial charge in [0.1, 0.15) is 0 Å². The van der Waals surface area contributed by atoms with Crippen LogP contribution in [-0.4, -0.2) is 45.2 Å². The Morgan fingerprint density at radius 1 is 1.21 bits per heavy atom. The second kappa shape index (κ2) is 8.34. The van der Waals surface area contributed by atoms with E-state index in [1.54, 1.807) is 18.2 Å². The molecule has 1 heterocycles. The highest BCUT2D eigenvalue weighted by molar-refractivity contribution is 7.92. The molecule has 1 aromatic rings. The van der Waals surface area contributed by atoms with Gasteiger partial charge < -0.3 is 10.1 Å². The lowest BCUT2D eigenvalue weighted by Crippen LogP contribution is -2.45. The first kappa shape index (κ1) is 21.6. The number of hydrogen-bond acceptors (Lipinski definition) is 5. The summed E-state index contributed by atoms with van der Waals surface area (Å²) in [6.07, 6.45) is 4.92. The van der Waals surface area contributed by atoms with E-state index in [1.165, 1.54) is 17.0 Å². The third-order valence-electron chi connectivity index (χ3n) is 6.21. The fourth-order valence-electron chi connectivity index (χ4n) is 4.48. The monoisotopic (exact) mass is 422 g/mol. The lowest BCUT2D eigenvalue weighted by Gasteiger charge is -2.34. The van der Waals surface area contributed by atoms with E-state index < -0.39 is 16.0 Å². The van der Waals surface area contributed by atoms with Crippen LogP contribution in [0.2, 0.25) is 0 Å². The summed E-state index contributed by atoms with van der Waals surface area (Å²) in [6, 6.07) is 4.74. The number of carbonyl (C=O) groups is 2. The summed E-state index contributed by atoms with van der Waals surface area (Å²) in [5.74, 6) is 0.0950. The standard InChI is InChI=1S/C21H30N2O5S/c1-13-6-5-7-18(15(13)3)22-20(24)12-28-21(25)16-8-9-19-17(11-16)10-14(2)23(19)29(4,26)27/h8-9,11,13-15,18H,5-7,10,12H2,1-4H3,(H,22,24)/t13-,14-,15+,18-/m0/s1. The van der Waals surface area contributed by atoms with Crippen molar-refractivity contribution in [2.45, 2.75) is 58.5 Å². The third-order valence-corrected chi connectivity index (χ3v) is 7.48. The molecule has 1 aromatic carbocycles. The average Bonchev–Trinajstić information content (AvgIpc) is 2.98. The molecule has 3 rings (SSSR count). The van der Waals surface area contributed by atoms with Crippen molar-refractivity contribution >= 4 is 27.6 Å². The largest absolute Gasteiger partial charge is 0.452 e. The summed E-state index contributed by atoms with van der Waals surface area (Å²) >= 11 is 0. The van der Waals surface area contributed by atoms with Gasteiger partial charge in [0.15, 0.2) is 6.61 Å². The number of esters is 1. The van der Waals surface area contributed by atoms with E-state index in [4.69, 9.17) is 4.74 Å². The number of rotatable bonds is 5. The molecule has 8 heteroatoms. The van der Waals surface area contributed by atoms with Gasteiger partial charge in [-0.05, 0) is 55.4 Å². The van der Waals surface area contributed by atoms with Gasteiger partial charge in [-0.1, -0.05) is 26.7 Å². The quantitative estimate of drug-likeness (QED) is 0.736. The Bertz CT molecular complexity index is 898. The van der Waals surface area contributed by atoms with Crippen LogP contribution in [0.4, 0.5) is 5.69 Å². The molecular weight excluding hydrogens is 392 g/mol. The third kappa shape index (κ3) is 4.74. The molecule has 0 saturated heterocycles. The second-order valence-electron chi connectivity index (χ2n) is 8.47. The van der Waals surface area contributed by atoms with Crippen molar-refractivity contribution in [3.05, 3.63) is 29.3 Å². The minimum absolute atomic E-state index is 0.119. The van der Waals surface area contributed by atoms with Gasteiger partial charge in [0.25, 0.3) is 5.91 Å². The number of hydrogen-bond donors (Lipinski definition) is 1. The molecule has 1 aliphatic heterocycles. The number of ether oxygens (including phenoxy) is 1. The summed E-state index contributed by atoms with van der Waals surface area (Å²) in [6.45, 7) is 5.85. The number of benzene rings is 1. The number of nitrogens with zero attached hydrogens (tertiary/aromatic N) is 1. The molecule has 2 aliphatic rings. The number of nitrogens with one attached hydrogen (secondary N) is 1. The maximum atomic E-state index is 12.4. The van der Waals surface area contributed by atoms with E-state index in [0.717, 1.165) is 18.4 Å². The molecule has 7 nitrogen and oxygen atoms in total. The Hall–Kier alpha value is -2.09. The van der Waals surface area contributed by atoms with E-state index in [0.29, 0.717) is 29.5 Å². The molecule has 1 saturated carbocycles. The normalized spacial score (nSPS) is 26.7. The Morgan fingerprint density at radius 2 is 1.93 bits per heavy atom. The van der Waals surface area contributed by atoms with Gasteiger partial charge in [0, 0.05) is 12.1 Å². The smallest absolute Gasteiger partial charge is 0.338 e. The fourth-order valence-corrected chi connectivity index (χ4v) is 5.75. The molecule has 29 heavy (non-hydrogen) atoms. The number of anilines is 1. The number of carbonyl (C=O) groups excluding carboxylic acids is 2. The SMILES string of the molecule is C[C@H]1[C@@H](NC(=O)COC(=O)c2ccc3c(c2)C[C@H](C)N3S(C)(=O)=O)CCC[C@@H]1C. The number of sulfonamides is 1. The summed E-state index contributed by atoms with van der Waals surface area (Å²) < 4.78 is 30.6. The minimum Gasteiger partial charge on any atom is -0.452 e. The van der Waals surface area contributed by atoms with Crippen molar-refractivity contribution in [2.24, 2.45) is 11.8 Å². The fraction of sp³-hybridized carbons (Fsp3) is 0.619. The molecule has 1 fully saturated rings. The summed E-state index contributed by atoms with van der Waals surface area (Å²) in [5.41, 5.74) is 1.69. The van der Waals surface area contributed by atoms with Crippen molar-refractivity contribution in [3.8, 4) is 0 Å². The van der Waals surface area contributed by atoms with Gasteiger partial charge in [0.05, 0.1) is 17.5 Å². The van der Waals surface area contributed by atoms with Gasteiger partial charge in [-0.15, -0.1) is 0 Å². The zero-order valence-corrected chi connectivity index (χ0v) is 18.3. The average molecular weight is 423 g/mol. The first-order chi connectivity index (χ1) is 13.6. The summed E-state index contributed by atoms with van der Waals surface area (Å²) in [5, 5.41) is 2.99. The van der Waals surface area contributed by atoms with E-state index in [-0.39, 0.29) is 24.6 Å². The zero-order chi connectivity index (χ0) is 21.3. The van der Waals surface area contributed by atoms with Gasteiger partial charge in [0.2, 0.25) is 10.0 Å². The molecule has 1 amide bonds. The molecule has 0 radical (unpaired) electrons. The van der Waals surface area contributed by atoms with Gasteiger partial charge in [-0.25, -0.2) is 13.2 Å². The lowest BCUT2D eigenvalue weighted by atomic mass is 9.78. The summed E-state index contributed by atoms with van der Waals surface area (Å²) in [7, 11) is -3.38. The van der Waals surface area contributed by atoms with Crippen molar-refractivity contribution in [1.29, 1.82) is 0 Å². The first-order valence-corrected chi connectivity index (χ1v) is 12.0. The molecule has 160 valence electrons. The lowest BCUT2D eigenvalue weighted by molar-refractivity contribution is -0.125. The summed E-state index contributed by atoms with van der Waals surface area (Å²) in [4.78, 5) is 24.6. The van der Waals surface area contributed by atoms with Crippen LogP contribution in [0.15, 0.2) is 18.2 Å². The van der Waals surface area contributed by atoms with Crippen molar-refractivity contribution in [2.75, 3.05) is 17.2 Å². The molecule has 1 N–H and O–H groups in total. The zero-order valence-electron chi connectivity index (χ0n) is 17.5. The Kier molecular flexibility index (Phi) is 6.22. The van der Waals surface area contributed by atoms with Gasteiger partial charge in [-0.2, -0.15) is 0 Å². The van der Waals surface area contributed by atoms with Crippen LogP contribution in [0.1, 0.15) is 56.0 Å². The van der Waals surface area contributed by atoms with Crippen LogP contribution in [-0.2, 0) is 26.0 Å². The Balaban J connectivity index is 1.59.